The Balaban J connectivity index is 3.07. The van der Waals surface area contributed by atoms with Gasteiger partial charge in [0.25, 0.3) is 0 Å². The molecule has 0 amide bonds. The molecule has 4 heteroatoms. The number of rotatable bonds is 1. The number of hydrogen-bond acceptors (Lipinski definition) is 2. The highest BCUT2D eigenvalue weighted by atomic mass is 79.9. The van der Waals surface area contributed by atoms with Crippen LogP contribution in [-0.2, 0) is 0 Å². The van der Waals surface area contributed by atoms with Crippen LogP contribution in [0.3, 0.4) is 0 Å². The van der Waals surface area contributed by atoms with Crippen LogP contribution in [0.15, 0.2) is 22.7 Å². The fraction of sp³-hybridized carbons (Fsp3) is 0. The Kier molecular flexibility index (Phi) is 2.24. The maximum absolute atomic E-state index is 12.6. The van der Waals surface area contributed by atoms with Crippen LogP contribution < -0.4 is 10.7 Å². The van der Waals surface area contributed by atoms with Crippen molar-refractivity contribution in [1.29, 1.82) is 0 Å². The van der Waals surface area contributed by atoms with E-state index in [1.807, 2.05) is 0 Å². The molecule has 0 heterocycles. The van der Waals surface area contributed by atoms with Crippen molar-refractivity contribution in [3.8, 4) is 5.75 Å². The van der Waals surface area contributed by atoms with Crippen molar-refractivity contribution >= 4 is 15.9 Å². The van der Waals surface area contributed by atoms with Crippen LogP contribution in [0.5, 0.6) is 5.75 Å². The number of nitrogens with two attached hydrogens (primary N) is 1. The lowest BCUT2D eigenvalue weighted by molar-refractivity contribution is 0.315. The first kappa shape index (κ1) is 7.50. The van der Waals surface area contributed by atoms with Gasteiger partial charge in [-0.15, -0.1) is 0 Å². The molecule has 0 saturated carbocycles. The molecule has 0 aliphatic heterocycles. The van der Waals surface area contributed by atoms with Gasteiger partial charge in [0.15, 0.2) is 11.6 Å². The van der Waals surface area contributed by atoms with Gasteiger partial charge in [0.2, 0.25) is 0 Å². The fourth-order valence-electron chi connectivity index (χ4n) is 0.571. The van der Waals surface area contributed by atoms with Crippen LogP contribution in [0.1, 0.15) is 0 Å². The Labute approximate surface area is 65.9 Å². The molecule has 2 nitrogen and oxygen atoms in total. The molecule has 0 aliphatic rings. The average molecular weight is 206 g/mol. The Morgan fingerprint density at radius 1 is 1.50 bits per heavy atom. The van der Waals surface area contributed by atoms with Gasteiger partial charge in [0.05, 0.1) is 0 Å². The van der Waals surface area contributed by atoms with E-state index in [4.69, 9.17) is 5.90 Å². The van der Waals surface area contributed by atoms with Gasteiger partial charge >= 0.3 is 0 Å². The predicted octanol–water partition coefficient (Wildman–Crippen LogP) is 1.84. The summed E-state index contributed by atoms with van der Waals surface area (Å²) in [5, 5.41) is 0. The van der Waals surface area contributed by atoms with E-state index in [0.29, 0.717) is 4.47 Å². The molecule has 0 bridgehead atoms. The molecule has 2 N–H and O–H groups in total. The van der Waals surface area contributed by atoms with Crippen molar-refractivity contribution in [2.24, 2.45) is 5.90 Å². The molecule has 0 fully saturated rings. The van der Waals surface area contributed by atoms with E-state index in [0.717, 1.165) is 0 Å². The first-order valence-electron chi connectivity index (χ1n) is 2.56. The Bertz CT molecular complexity index is 241. The number of halogens is 2. The van der Waals surface area contributed by atoms with E-state index >= 15 is 0 Å². The fourth-order valence-corrected chi connectivity index (χ4v) is 0.904. The van der Waals surface area contributed by atoms with Crippen molar-refractivity contribution in [2.75, 3.05) is 0 Å². The standard InChI is InChI=1S/C6H5BrFNO/c7-4-1-2-6(10-9)5(8)3-4/h1-3H,9H2. The molecule has 1 rings (SSSR count). The summed E-state index contributed by atoms with van der Waals surface area (Å²) in [5.41, 5.74) is 0. The first-order valence-corrected chi connectivity index (χ1v) is 3.35. The zero-order valence-electron chi connectivity index (χ0n) is 4.97. The van der Waals surface area contributed by atoms with E-state index < -0.39 is 5.82 Å². The second-order valence-electron chi connectivity index (χ2n) is 1.69. The Morgan fingerprint density at radius 3 is 2.70 bits per heavy atom. The minimum atomic E-state index is -0.475. The van der Waals surface area contributed by atoms with Crippen LogP contribution >= 0.6 is 15.9 Å². The van der Waals surface area contributed by atoms with Gasteiger partial charge in [-0.25, -0.2) is 4.39 Å². The highest BCUT2D eigenvalue weighted by Gasteiger charge is 2.00. The van der Waals surface area contributed by atoms with Crippen molar-refractivity contribution < 1.29 is 9.23 Å². The van der Waals surface area contributed by atoms with Gasteiger partial charge in [-0.3, -0.25) is 0 Å². The van der Waals surface area contributed by atoms with E-state index in [2.05, 4.69) is 20.8 Å². The van der Waals surface area contributed by atoms with Gasteiger partial charge in [0, 0.05) is 4.47 Å². The van der Waals surface area contributed by atoms with Crippen LogP contribution in [-0.4, -0.2) is 0 Å². The molecule has 1 aromatic rings. The summed E-state index contributed by atoms with van der Waals surface area (Å²) < 4.78 is 13.3. The number of benzene rings is 1. The van der Waals surface area contributed by atoms with E-state index in [1.165, 1.54) is 12.1 Å². The summed E-state index contributed by atoms with van der Waals surface area (Å²) >= 11 is 3.09. The summed E-state index contributed by atoms with van der Waals surface area (Å²) in [6.45, 7) is 0. The zero-order chi connectivity index (χ0) is 7.56. The van der Waals surface area contributed by atoms with Crippen LogP contribution in [0.2, 0.25) is 0 Å². The molecule has 10 heavy (non-hydrogen) atoms. The third-order valence-electron chi connectivity index (χ3n) is 1.02. The monoisotopic (exact) mass is 205 g/mol. The predicted molar refractivity (Wildman–Crippen MR) is 38.9 cm³/mol. The molecule has 54 valence electrons. The van der Waals surface area contributed by atoms with E-state index in [9.17, 15) is 4.39 Å². The molecule has 0 unspecified atom stereocenters. The topological polar surface area (TPSA) is 35.2 Å². The Hall–Kier alpha value is -0.610. The molecular formula is C6H5BrFNO. The normalized spacial score (nSPS) is 9.50. The summed E-state index contributed by atoms with van der Waals surface area (Å²) in [5.74, 6) is 4.31. The van der Waals surface area contributed by atoms with Crippen molar-refractivity contribution in [3.05, 3.63) is 28.5 Å². The lowest BCUT2D eigenvalue weighted by atomic mass is 10.3. The van der Waals surface area contributed by atoms with Gasteiger partial charge < -0.3 is 4.84 Å². The molecule has 0 saturated heterocycles. The quantitative estimate of drug-likeness (QED) is 0.711. The third-order valence-corrected chi connectivity index (χ3v) is 1.51. The van der Waals surface area contributed by atoms with Crippen LogP contribution in [0.4, 0.5) is 4.39 Å². The summed E-state index contributed by atoms with van der Waals surface area (Å²) in [4.78, 5) is 4.20. The largest absolute Gasteiger partial charge is 0.408 e. The second kappa shape index (κ2) is 2.98. The van der Waals surface area contributed by atoms with Crippen molar-refractivity contribution in [2.45, 2.75) is 0 Å². The van der Waals surface area contributed by atoms with E-state index in [1.54, 1.807) is 6.07 Å². The van der Waals surface area contributed by atoms with Crippen LogP contribution in [0, 0.1) is 5.82 Å². The maximum Gasteiger partial charge on any atom is 0.182 e. The lowest BCUT2D eigenvalue weighted by Crippen LogP contribution is -2.03. The zero-order valence-corrected chi connectivity index (χ0v) is 6.56. The minimum Gasteiger partial charge on any atom is -0.408 e. The summed E-state index contributed by atoms with van der Waals surface area (Å²) in [6.07, 6.45) is 0. The molecular weight excluding hydrogens is 201 g/mol. The van der Waals surface area contributed by atoms with Gasteiger partial charge in [-0.2, -0.15) is 5.90 Å². The van der Waals surface area contributed by atoms with E-state index in [-0.39, 0.29) is 5.75 Å². The molecule has 0 radical (unpaired) electrons. The molecule has 0 aromatic heterocycles. The van der Waals surface area contributed by atoms with Crippen molar-refractivity contribution in [3.63, 3.8) is 0 Å². The third kappa shape index (κ3) is 1.46. The van der Waals surface area contributed by atoms with Crippen LogP contribution in [0.25, 0.3) is 0 Å². The van der Waals surface area contributed by atoms with Gasteiger partial charge in [-0.1, -0.05) is 15.9 Å². The minimum absolute atomic E-state index is 0.0446. The average Bonchev–Trinajstić information content (AvgIpc) is 1.88. The van der Waals surface area contributed by atoms with Gasteiger partial charge in [-0.05, 0) is 18.2 Å². The molecule has 0 atom stereocenters. The number of hydrogen-bond donors (Lipinski definition) is 1. The first-order chi connectivity index (χ1) is 4.74. The molecule has 0 aliphatic carbocycles. The van der Waals surface area contributed by atoms with Crippen molar-refractivity contribution in [1.82, 2.24) is 0 Å². The molecule has 1 aromatic carbocycles. The summed E-state index contributed by atoms with van der Waals surface area (Å²) in [7, 11) is 0. The lowest BCUT2D eigenvalue weighted by Gasteiger charge is -1.98. The second-order valence-corrected chi connectivity index (χ2v) is 2.61. The highest BCUT2D eigenvalue weighted by Crippen LogP contribution is 2.19. The smallest absolute Gasteiger partial charge is 0.182 e. The maximum atomic E-state index is 12.6. The van der Waals surface area contributed by atoms with Gasteiger partial charge in [0.1, 0.15) is 0 Å². The summed E-state index contributed by atoms with van der Waals surface area (Å²) in [6, 6.07) is 4.37. The highest BCUT2D eigenvalue weighted by molar-refractivity contribution is 9.10. The molecule has 0 spiro atoms. The SMILES string of the molecule is NOc1ccc(Br)cc1F. The Morgan fingerprint density at radius 2 is 2.20 bits per heavy atom.